The molecule has 0 amide bonds. The van der Waals surface area contributed by atoms with Crippen LogP contribution in [0.5, 0.6) is 0 Å². The Morgan fingerprint density at radius 2 is 0.587 bits per heavy atom. The summed E-state index contributed by atoms with van der Waals surface area (Å²) in [5.41, 5.74) is 11.5. The number of benzene rings is 7. The van der Waals surface area contributed by atoms with Gasteiger partial charge in [-0.25, -0.2) is 0 Å². The normalized spacial score (nSPS) is 11.8. The van der Waals surface area contributed by atoms with Gasteiger partial charge in [0.25, 0.3) is 0 Å². The minimum Gasteiger partial charge on any atom is -0.312 e. The van der Waals surface area contributed by atoms with E-state index in [1.165, 1.54) is 33.0 Å². The molecule has 0 spiro atoms. The van der Waals surface area contributed by atoms with Crippen molar-refractivity contribution in [3.8, 4) is 0 Å². The zero-order chi connectivity index (χ0) is 30.7. The molecule has 2 nitrogen and oxygen atoms in total. The van der Waals surface area contributed by atoms with Crippen molar-refractivity contribution in [3.05, 3.63) is 217 Å². The second kappa shape index (κ2) is 12.1. The monoisotopic (exact) mass is 588 g/mol. The third-order valence-electron chi connectivity index (χ3n) is 8.62. The number of anilines is 4. The quantitative estimate of drug-likeness (QED) is 0.191. The molecule has 1 aliphatic heterocycles. The molecule has 0 fully saturated rings. The van der Waals surface area contributed by atoms with Crippen LogP contribution in [0.2, 0.25) is 0 Å². The highest BCUT2D eigenvalue weighted by Gasteiger charge is 2.28. The fourth-order valence-electron chi connectivity index (χ4n) is 6.37. The van der Waals surface area contributed by atoms with Crippen LogP contribution in [0.25, 0.3) is 21.9 Å². The van der Waals surface area contributed by atoms with E-state index < -0.39 is 0 Å². The highest BCUT2D eigenvalue weighted by molar-refractivity contribution is 6.04. The molecule has 2 heteroatoms. The summed E-state index contributed by atoms with van der Waals surface area (Å²) in [6, 6.07) is 64.7. The summed E-state index contributed by atoms with van der Waals surface area (Å²) >= 11 is 0. The van der Waals surface area contributed by atoms with E-state index in [0.717, 1.165) is 33.9 Å². The Hall–Kier alpha value is -6.12. The summed E-state index contributed by atoms with van der Waals surface area (Å²) in [6.45, 7) is 0. The largest absolute Gasteiger partial charge is 0.312 e. The van der Waals surface area contributed by atoms with Gasteiger partial charge in [0.1, 0.15) is 0 Å². The molecule has 0 unspecified atom stereocenters. The van der Waals surface area contributed by atoms with Crippen molar-refractivity contribution in [3.63, 3.8) is 0 Å². The van der Waals surface area contributed by atoms with Crippen LogP contribution in [0.1, 0.15) is 22.3 Å². The van der Waals surface area contributed by atoms with Crippen LogP contribution in [0, 0.1) is 0 Å². The van der Waals surface area contributed by atoms with Crippen LogP contribution in [0.15, 0.2) is 194 Å². The molecule has 0 aromatic heterocycles. The number of para-hydroxylation sites is 2. The third kappa shape index (κ3) is 5.16. The molecule has 1 heterocycles. The molecule has 7 aromatic rings. The van der Waals surface area contributed by atoms with Crippen molar-refractivity contribution in [2.24, 2.45) is 0 Å². The molecule has 0 bridgehead atoms. The van der Waals surface area contributed by atoms with Crippen LogP contribution in [-0.4, -0.2) is 0 Å². The average molecular weight is 589 g/mol. The van der Waals surface area contributed by atoms with E-state index >= 15 is 0 Å². The van der Waals surface area contributed by atoms with Crippen LogP contribution in [0.3, 0.4) is 0 Å². The average Bonchev–Trinajstić information content (AvgIpc) is 3.14. The fourth-order valence-corrected chi connectivity index (χ4v) is 6.37. The molecule has 0 atom stereocenters. The molecule has 0 saturated carbocycles. The smallest absolute Gasteiger partial charge is 0.0704 e. The van der Waals surface area contributed by atoms with Gasteiger partial charge in [0.2, 0.25) is 0 Å². The summed E-state index contributed by atoms with van der Waals surface area (Å²) in [5.74, 6) is 0. The molecular weight excluding hydrogens is 556 g/mol. The minimum atomic E-state index is 1.12. The minimum absolute atomic E-state index is 1.12. The van der Waals surface area contributed by atoms with Crippen LogP contribution < -0.4 is 9.80 Å². The van der Waals surface area contributed by atoms with Gasteiger partial charge >= 0.3 is 0 Å². The molecule has 0 aliphatic carbocycles. The van der Waals surface area contributed by atoms with E-state index in [9.17, 15) is 0 Å². The summed E-state index contributed by atoms with van der Waals surface area (Å²) in [6.07, 6.45) is 4.63. The van der Waals surface area contributed by atoms with Gasteiger partial charge in [-0.05, 0) is 57.3 Å². The van der Waals surface area contributed by atoms with Crippen molar-refractivity contribution in [1.29, 1.82) is 0 Å². The zero-order valence-electron chi connectivity index (χ0n) is 25.4. The van der Waals surface area contributed by atoms with Gasteiger partial charge in [-0.3, -0.25) is 0 Å². The summed E-state index contributed by atoms with van der Waals surface area (Å²) in [7, 11) is 0. The van der Waals surface area contributed by atoms with Gasteiger partial charge in [0, 0.05) is 23.5 Å². The molecule has 46 heavy (non-hydrogen) atoms. The van der Waals surface area contributed by atoms with E-state index in [0.29, 0.717) is 0 Å². The lowest BCUT2D eigenvalue weighted by Gasteiger charge is -2.38. The molecule has 218 valence electrons. The summed E-state index contributed by atoms with van der Waals surface area (Å²) in [4.78, 5) is 4.75. The Balaban J connectivity index is 1.41. The summed E-state index contributed by atoms with van der Waals surface area (Å²) in [5, 5.41) is 2.41. The van der Waals surface area contributed by atoms with Crippen LogP contribution in [0.4, 0.5) is 22.7 Å². The van der Waals surface area contributed by atoms with Crippen molar-refractivity contribution in [2.45, 2.75) is 0 Å². The fraction of sp³-hybridized carbons (Fsp3) is 0. The Morgan fingerprint density at radius 1 is 0.304 bits per heavy atom. The Kier molecular flexibility index (Phi) is 7.22. The SMILES string of the molecule is C(=C(c1ccccc1)c1ccccc1)N1c2ccccc2N(C=C(c2ccccc2)c2ccccc2)c2cc3ccccc3cc21. The topological polar surface area (TPSA) is 6.48 Å². The lowest BCUT2D eigenvalue weighted by Crippen LogP contribution is -2.24. The lowest BCUT2D eigenvalue weighted by molar-refractivity contribution is 1.17. The van der Waals surface area contributed by atoms with E-state index in [-0.39, 0.29) is 0 Å². The summed E-state index contributed by atoms with van der Waals surface area (Å²) < 4.78 is 0. The zero-order valence-corrected chi connectivity index (χ0v) is 25.4. The van der Waals surface area contributed by atoms with E-state index in [2.05, 4.69) is 204 Å². The maximum Gasteiger partial charge on any atom is 0.0704 e. The first-order valence-electron chi connectivity index (χ1n) is 15.7. The second-order valence-corrected chi connectivity index (χ2v) is 11.5. The third-order valence-corrected chi connectivity index (χ3v) is 8.62. The molecule has 0 N–H and O–H groups in total. The molecular formula is C44H32N2. The standard InChI is InChI=1S/C44H32N2/c1-5-17-33(18-6-1)39(34-19-7-2-8-20-34)31-45-41-27-15-16-28-42(41)46(44-30-38-26-14-13-25-37(38)29-43(44)45)32-40(35-21-9-3-10-22-35)36-23-11-4-12-24-36/h1-32H. The number of hydrogen-bond donors (Lipinski definition) is 0. The number of hydrogen-bond acceptors (Lipinski definition) is 2. The predicted molar refractivity (Wildman–Crippen MR) is 195 cm³/mol. The van der Waals surface area contributed by atoms with Gasteiger partial charge in [-0.2, -0.15) is 0 Å². The van der Waals surface area contributed by atoms with Crippen molar-refractivity contribution in [1.82, 2.24) is 0 Å². The number of nitrogens with zero attached hydrogens (tertiary/aromatic N) is 2. The van der Waals surface area contributed by atoms with Gasteiger partial charge in [0.05, 0.1) is 22.7 Å². The molecule has 1 aliphatic rings. The Morgan fingerprint density at radius 3 is 0.913 bits per heavy atom. The predicted octanol–water partition coefficient (Wildman–Crippen LogP) is 11.6. The molecule has 8 rings (SSSR count). The van der Waals surface area contributed by atoms with Crippen LogP contribution in [-0.2, 0) is 0 Å². The first-order valence-corrected chi connectivity index (χ1v) is 15.7. The molecule has 0 radical (unpaired) electrons. The van der Waals surface area contributed by atoms with E-state index in [1.807, 2.05) is 0 Å². The first kappa shape index (κ1) is 27.4. The van der Waals surface area contributed by atoms with Gasteiger partial charge in [-0.1, -0.05) is 158 Å². The van der Waals surface area contributed by atoms with Crippen molar-refractivity contribution < 1.29 is 0 Å². The Labute approximate surface area is 270 Å². The second-order valence-electron chi connectivity index (χ2n) is 11.5. The Bertz CT molecular complexity index is 1940. The molecule has 0 saturated heterocycles. The van der Waals surface area contributed by atoms with Crippen molar-refractivity contribution >= 4 is 44.7 Å². The van der Waals surface area contributed by atoms with Gasteiger partial charge in [0.15, 0.2) is 0 Å². The van der Waals surface area contributed by atoms with E-state index in [1.54, 1.807) is 0 Å². The number of fused-ring (bicyclic) bond motifs is 3. The van der Waals surface area contributed by atoms with E-state index in [4.69, 9.17) is 0 Å². The number of rotatable bonds is 6. The highest BCUT2D eigenvalue weighted by Crippen LogP contribution is 2.51. The van der Waals surface area contributed by atoms with Crippen LogP contribution >= 0.6 is 0 Å². The molecule has 7 aromatic carbocycles. The maximum atomic E-state index is 2.38. The van der Waals surface area contributed by atoms with Gasteiger partial charge < -0.3 is 9.80 Å². The maximum absolute atomic E-state index is 2.38. The lowest BCUT2D eigenvalue weighted by atomic mass is 9.96. The highest BCUT2D eigenvalue weighted by atomic mass is 15.3. The first-order chi connectivity index (χ1) is 22.8. The van der Waals surface area contributed by atoms with Crippen molar-refractivity contribution in [2.75, 3.05) is 9.80 Å². The van der Waals surface area contributed by atoms with Gasteiger partial charge in [-0.15, -0.1) is 0 Å².